The molecule has 3 heteroatoms. The van der Waals surface area contributed by atoms with Crippen LogP contribution in [-0.2, 0) is 4.79 Å². The lowest BCUT2D eigenvalue weighted by molar-refractivity contribution is -0.132. The van der Waals surface area contributed by atoms with Crippen LogP contribution in [-0.4, -0.2) is 17.6 Å². The highest BCUT2D eigenvalue weighted by Crippen LogP contribution is 2.10. The van der Waals surface area contributed by atoms with E-state index < -0.39 is 5.97 Å². The molecule has 0 aromatic heterocycles. The van der Waals surface area contributed by atoms with Gasteiger partial charge in [0.2, 0.25) is 0 Å². The first-order valence-electron chi connectivity index (χ1n) is 4.80. The Bertz CT molecular complexity index is 346. The summed E-state index contributed by atoms with van der Waals surface area (Å²) in [5.41, 5.74) is 1.31. The van der Waals surface area contributed by atoms with E-state index in [-0.39, 0.29) is 11.6 Å². The molecule has 0 heterocycles. The van der Waals surface area contributed by atoms with E-state index in [1.165, 1.54) is 0 Å². The van der Waals surface area contributed by atoms with Gasteiger partial charge in [0.15, 0.2) is 0 Å². The van der Waals surface area contributed by atoms with Crippen molar-refractivity contribution in [3.8, 4) is 0 Å². The van der Waals surface area contributed by atoms with Gasteiger partial charge in [-0.3, -0.25) is 0 Å². The molecule has 0 saturated heterocycles. The predicted octanol–water partition coefficient (Wildman–Crippen LogP) is 1.98. The van der Waals surface area contributed by atoms with E-state index in [0.29, 0.717) is 6.54 Å². The Kier molecular flexibility index (Phi) is 4.06. The molecule has 3 nitrogen and oxygen atoms in total. The largest absolute Gasteiger partial charge is 0.478 e. The van der Waals surface area contributed by atoms with E-state index in [1.54, 1.807) is 0 Å². The third-order valence-electron chi connectivity index (χ3n) is 2.22. The summed E-state index contributed by atoms with van der Waals surface area (Å²) in [6.07, 6.45) is 0. The molecule has 2 N–H and O–H groups in total. The van der Waals surface area contributed by atoms with Crippen LogP contribution in [0.15, 0.2) is 42.5 Å². The highest BCUT2D eigenvalue weighted by atomic mass is 16.4. The van der Waals surface area contributed by atoms with E-state index in [4.69, 9.17) is 5.11 Å². The molecular weight excluding hydrogens is 190 g/mol. The van der Waals surface area contributed by atoms with Gasteiger partial charge in [-0.15, -0.1) is 0 Å². The van der Waals surface area contributed by atoms with Crippen molar-refractivity contribution < 1.29 is 9.90 Å². The van der Waals surface area contributed by atoms with Crippen LogP contribution < -0.4 is 5.32 Å². The lowest BCUT2D eigenvalue weighted by atomic mass is 10.1. The molecule has 0 aliphatic heterocycles. The first kappa shape index (κ1) is 11.5. The van der Waals surface area contributed by atoms with E-state index in [0.717, 1.165) is 5.56 Å². The summed E-state index contributed by atoms with van der Waals surface area (Å²) >= 11 is 0. The molecular formula is C12H15NO2. The Balaban J connectivity index is 2.47. The third-order valence-corrected chi connectivity index (χ3v) is 2.22. The number of carboxylic acids is 1. The van der Waals surface area contributed by atoms with Crippen molar-refractivity contribution in [2.45, 2.75) is 13.0 Å². The zero-order valence-electron chi connectivity index (χ0n) is 8.73. The topological polar surface area (TPSA) is 49.3 Å². The SMILES string of the molecule is C=C(CN[C@H](C)c1ccccc1)C(=O)O. The number of carboxylic acid groups (broad SMARTS) is 1. The van der Waals surface area contributed by atoms with Crippen molar-refractivity contribution in [1.82, 2.24) is 5.32 Å². The molecule has 0 bridgehead atoms. The van der Waals surface area contributed by atoms with Crippen LogP contribution in [0.2, 0.25) is 0 Å². The highest BCUT2D eigenvalue weighted by molar-refractivity contribution is 5.86. The van der Waals surface area contributed by atoms with E-state index in [1.807, 2.05) is 37.3 Å². The molecule has 1 rings (SSSR count). The van der Waals surface area contributed by atoms with Gasteiger partial charge in [-0.2, -0.15) is 0 Å². The van der Waals surface area contributed by atoms with Crippen LogP contribution in [0.25, 0.3) is 0 Å². The van der Waals surface area contributed by atoms with Crippen LogP contribution in [0.1, 0.15) is 18.5 Å². The highest BCUT2D eigenvalue weighted by Gasteiger charge is 2.07. The molecule has 0 fully saturated rings. The van der Waals surface area contributed by atoms with Gasteiger partial charge in [0, 0.05) is 18.2 Å². The Morgan fingerprint density at radius 3 is 2.60 bits per heavy atom. The van der Waals surface area contributed by atoms with Gasteiger partial charge in [-0.1, -0.05) is 36.9 Å². The van der Waals surface area contributed by atoms with Gasteiger partial charge in [0.25, 0.3) is 0 Å². The van der Waals surface area contributed by atoms with Crippen LogP contribution in [0.5, 0.6) is 0 Å². The fourth-order valence-corrected chi connectivity index (χ4v) is 1.21. The smallest absolute Gasteiger partial charge is 0.332 e. The van der Waals surface area contributed by atoms with Gasteiger partial charge >= 0.3 is 5.97 Å². The number of benzene rings is 1. The minimum atomic E-state index is -0.956. The second kappa shape index (κ2) is 5.32. The van der Waals surface area contributed by atoms with Crippen molar-refractivity contribution in [1.29, 1.82) is 0 Å². The Labute approximate surface area is 89.4 Å². The van der Waals surface area contributed by atoms with Crippen molar-refractivity contribution in [2.24, 2.45) is 0 Å². The lowest BCUT2D eigenvalue weighted by Crippen LogP contribution is -2.23. The minimum Gasteiger partial charge on any atom is -0.478 e. The molecule has 0 aliphatic carbocycles. The predicted molar refractivity (Wildman–Crippen MR) is 59.6 cm³/mol. The zero-order chi connectivity index (χ0) is 11.3. The first-order chi connectivity index (χ1) is 7.11. The third kappa shape index (κ3) is 3.56. The Morgan fingerprint density at radius 1 is 1.47 bits per heavy atom. The molecule has 1 aromatic rings. The molecule has 80 valence electrons. The van der Waals surface area contributed by atoms with E-state index in [2.05, 4.69) is 11.9 Å². The quantitative estimate of drug-likeness (QED) is 0.722. The standard InChI is InChI=1S/C12H15NO2/c1-9(12(14)15)8-13-10(2)11-6-4-3-5-7-11/h3-7,10,13H,1,8H2,2H3,(H,14,15)/t10-/m1/s1. The number of hydrogen-bond donors (Lipinski definition) is 2. The van der Waals surface area contributed by atoms with Crippen molar-refractivity contribution in [3.63, 3.8) is 0 Å². The maximum Gasteiger partial charge on any atom is 0.332 e. The fourth-order valence-electron chi connectivity index (χ4n) is 1.21. The van der Waals surface area contributed by atoms with Crippen molar-refractivity contribution >= 4 is 5.97 Å². The second-order valence-electron chi connectivity index (χ2n) is 3.42. The van der Waals surface area contributed by atoms with Crippen LogP contribution in [0.4, 0.5) is 0 Å². The Hall–Kier alpha value is -1.61. The summed E-state index contributed by atoms with van der Waals surface area (Å²) < 4.78 is 0. The molecule has 0 amide bonds. The molecule has 0 aliphatic rings. The maximum atomic E-state index is 10.5. The summed E-state index contributed by atoms with van der Waals surface area (Å²) in [6.45, 7) is 5.75. The van der Waals surface area contributed by atoms with E-state index in [9.17, 15) is 4.79 Å². The summed E-state index contributed by atoms with van der Waals surface area (Å²) in [6, 6.07) is 10.00. The number of aliphatic carboxylic acids is 1. The van der Waals surface area contributed by atoms with Crippen LogP contribution >= 0.6 is 0 Å². The fraction of sp³-hybridized carbons (Fsp3) is 0.250. The normalized spacial score (nSPS) is 12.1. The van der Waals surface area contributed by atoms with Gasteiger partial charge in [-0.25, -0.2) is 4.79 Å². The maximum absolute atomic E-state index is 10.5. The monoisotopic (exact) mass is 205 g/mol. The van der Waals surface area contributed by atoms with Crippen molar-refractivity contribution in [2.75, 3.05) is 6.54 Å². The average molecular weight is 205 g/mol. The number of rotatable bonds is 5. The zero-order valence-corrected chi connectivity index (χ0v) is 8.73. The summed E-state index contributed by atoms with van der Waals surface area (Å²) in [5, 5.41) is 11.7. The molecule has 0 saturated carbocycles. The molecule has 1 atom stereocenters. The first-order valence-corrected chi connectivity index (χ1v) is 4.80. The van der Waals surface area contributed by atoms with Gasteiger partial charge in [0.05, 0.1) is 0 Å². The Morgan fingerprint density at radius 2 is 2.07 bits per heavy atom. The molecule has 0 spiro atoms. The number of nitrogens with one attached hydrogen (secondary N) is 1. The molecule has 15 heavy (non-hydrogen) atoms. The van der Waals surface area contributed by atoms with Gasteiger partial charge < -0.3 is 10.4 Å². The summed E-state index contributed by atoms with van der Waals surface area (Å²) in [7, 11) is 0. The van der Waals surface area contributed by atoms with Gasteiger partial charge in [0.1, 0.15) is 0 Å². The number of carbonyl (C=O) groups is 1. The molecule has 0 radical (unpaired) electrons. The van der Waals surface area contributed by atoms with Gasteiger partial charge in [-0.05, 0) is 12.5 Å². The number of hydrogen-bond acceptors (Lipinski definition) is 2. The average Bonchev–Trinajstić information content (AvgIpc) is 2.26. The summed E-state index contributed by atoms with van der Waals surface area (Å²) in [4.78, 5) is 10.5. The lowest BCUT2D eigenvalue weighted by Gasteiger charge is -2.13. The molecule has 1 aromatic carbocycles. The minimum absolute atomic E-state index is 0.127. The second-order valence-corrected chi connectivity index (χ2v) is 3.42. The summed E-state index contributed by atoms with van der Waals surface area (Å²) in [5.74, 6) is -0.956. The van der Waals surface area contributed by atoms with Crippen LogP contribution in [0, 0.1) is 0 Å². The van der Waals surface area contributed by atoms with E-state index >= 15 is 0 Å². The van der Waals surface area contributed by atoms with Crippen LogP contribution in [0.3, 0.4) is 0 Å². The van der Waals surface area contributed by atoms with Crippen molar-refractivity contribution in [3.05, 3.63) is 48.0 Å². The molecule has 0 unspecified atom stereocenters.